The number of amides is 1. The topological polar surface area (TPSA) is 50.2 Å². The third kappa shape index (κ3) is 4.68. The number of rotatable bonds is 7. The Balaban J connectivity index is 1.12. The SMILES string of the molecule is O=C(NCc1cccs1)[C@H]1CC12CCN(Cc1cn(-c3ccccc3)nc1-c1ccccc1)CC2. The molecule has 178 valence electrons. The minimum Gasteiger partial charge on any atom is -0.351 e. The van der Waals surface area contributed by atoms with E-state index < -0.39 is 0 Å². The van der Waals surface area contributed by atoms with Crippen molar-refractivity contribution in [3.05, 3.63) is 94.8 Å². The molecule has 1 aliphatic heterocycles. The zero-order valence-corrected chi connectivity index (χ0v) is 20.6. The molecular weight excluding hydrogens is 452 g/mol. The molecule has 5 nitrogen and oxygen atoms in total. The number of para-hydroxylation sites is 1. The molecule has 2 aromatic heterocycles. The van der Waals surface area contributed by atoms with Crippen molar-refractivity contribution in [2.45, 2.75) is 32.4 Å². The maximum Gasteiger partial charge on any atom is 0.223 e. The van der Waals surface area contributed by atoms with Gasteiger partial charge in [-0.05, 0) is 61.3 Å². The van der Waals surface area contributed by atoms with Gasteiger partial charge in [0.25, 0.3) is 0 Å². The summed E-state index contributed by atoms with van der Waals surface area (Å²) in [6.45, 7) is 3.59. The third-order valence-corrected chi connectivity index (χ3v) is 8.50. The fraction of sp³-hybridized carbons (Fsp3) is 0.310. The van der Waals surface area contributed by atoms with Gasteiger partial charge in [0.2, 0.25) is 5.91 Å². The van der Waals surface area contributed by atoms with Crippen molar-refractivity contribution in [1.29, 1.82) is 0 Å². The van der Waals surface area contributed by atoms with E-state index in [9.17, 15) is 4.79 Å². The van der Waals surface area contributed by atoms with Crippen LogP contribution in [0, 0.1) is 11.3 Å². The van der Waals surface area contributed by atoms with Crippen LogP contribution in [-0.2, 0) is 17.9 Å². The van der Waals surface area contributed by atoms with Gasteiger partial charge >= 0.3 is 0 Å². The molecule has 6 rings (SSSR count). The van der Waals surface area contributed by atoms with E-state index in [1.54, 1.807) is 11.3 Å². The summed E-state index contributed by atoms with van der Waals surface area (Å²) in [4.78, 5) is 16.5. The first kappa shape index (κ1) is 22.3. The number of carbonyl (C=O) groups excluding carboxylic acids is 1. The fourth-order valence-electron chi connectivity index (χ4n) is 5.46. The van der Waals surface area contributed by atoms with Gasteiger partial charge in [0.15, 0.2) is 0 Å². The van der Waals surface area contributed by atoms with Gasteiger partial charge in [-0.25, -0.2) is 4.68 Å². The van der Waals surface area contributed by atoms with Gasteiger partial charge in [-0.15, -0.1) is 11.3 Å². The van der Waals surface area contributed by atoms with Crippen molar-refractivity contribution < 1.29 is 4.79 Å². The molecule has 1 amide bonds. The number of hydrogen-bond donors (Lipinski definition) is 1. The lowest BCUT2D eigenvalue weighted by atomic mass is 9.90. The summed E-state index contributed by atoms with van der Waals surface area (Å²) in [5.74, 6) is 0.424. The molecule has 0 radical (unpaired) electrons. The smallest absolute Gasteiger partial charge is 0.223 e. The third-order valence-electron chi connectivity index (χ3n) is 7.63. The molecule has 0 bridgehead atoms. The summed E-state index contributed by atoms with van der Waals surface area (Å²) in [5, 5.41) is 10.2. The fourth-order valence-corrected chi connectivity index (χ4v) is 6.10. The second-order valence-electron chi connectivity index (χ2n) is 9.84. The summed E-state index contributed by atoms with van der Waals surface area (Å²) in [7, 11) is 0. The maximum absolute atomic E-state index is 12.8. The lowest BCUT2D eigenvalue weighted by Gasteiger charge is -2.32. The van der Waals surface area contributed by atoms with Crippen molar-refractivity contribution in [3.8, 4) is 16.9 Å². The maximum atomic E-state index is 12.8. The number of hydrogen-bond acceptors (Lipinski definition) is 4. The van der Waals surface area contributed by atoms with Gasteiger partial charge in [-0.3, -0.25) is 9.69 Å². The summed E-state index contributed by atoms with van der Waals surface area (Å²) < 4.78 is 2.00. The highest BCUT2D eigenvalue weighted by atomic mass is 32.1. The second-order valence-corrected chi connectivity index (χ2v) is 10.9. The molecule has 1 N–H and O–H groups in total. The Kier molecular flexibility index (Phi) is 6.00. The predicted octanol–water partition coefficient (Wildman–Crippen LogP) is 5.52. The normalized spacial score (nSPS) is 19.0. The van der Waals surface area contributed by atoms with E-state index in [1.807, 2.05) is 35.0 Å². The molecule has 1 atom stereocenters. The van der Waals surface area contributed by atoms with Crippen molar-refractivity contribution in [3.63, 3.8) is 0 Å². The Morgan fingerprint density at radius 3 is 2.46 bits per heavy atom. The predicted molar refractivity (Wildman–Crippen MR) is 140 cm³/mol. The number of carbonyl (C=O) groups is 1. The van der Waals surface area contributed by atoms with Crippen molar-refractivity contribution >= 4 is 17.2 Å². The number of aromatic nitrogens is 2. The molecule has 3 heterocycles. The van der Waals surface area contributed by atoms with E-state index in [-0.39, 0.29) is 17.2 Å². The van der Waals surface area contributed by atoms with Crippen LogP contribution in [-0.4, -0.2) is 33.7 Å². The number of piperidine rings is 1. The molecule has 2 aliphatic rings. The van der Waals surface area contributed by atoms with Crippen LogP contribution in [0.25, 0.3) is 16.9 Å². The highest BCUT2D eigenvalue weighted by Crippen LogP contribution is 2.59. The van der Waals surface area contributed by atoms with Crippen LogP contribution >= 0.6 is 11.3 Å². The highest BCUT2D eigenvalue weighted by molar-refractivity contribution is 7.09. The minimum absolute atomic E-state index is 0.185. The van der Waals surface area contributed by atoms with Gasteiger partial charge in [-0.2, -0.15) is 5.10 Å². The standard InChI is InChI=1S/C29H30N4OS/c34-28(30-19-25-12-7-17-35-25)26-18-29(26)13-15-32(16-14-29)20-23-21-33(24-10-5-2-6-11-24)31-27(23)22-8-3-1-4-9-22/h1-12,17,21,26H,13-16,18-20H2,(H,30,34)/t26-/m1/s1. The van der Waals surface area contributed by atoms with Crippen LogP contribution in [0.4, 0.5) is 0 Å². The van der Waals surface area contributed by atoms with E-state index in [0.29, 0.717) is 6.54 Å². The molecule has 2 aromatic carbocycles. The second kappa shape index (κ2) is 9.44. The zero-order chi connectivity index (χ0) is 23.7. The first-order chi connectivity index (χ1) is 17.2. The number of likely N-dealkylation sites (tertiary alicyclic amines) is 1. The number of thiophene rings is 1. The summed E-state index contributed by atoms with van der Waals surface area (Å²) in [6, 6.07) is 24.9. The van der Waals surface area contributed by atoms with Gasteiger partial charge in [-0.1, -0.05) is 54.6 Å². The van der Waals surface area contributed by atoms with E-state index in [4.69, 9.17) is 5.10 Å². The van der Waals surface area contributed by atoms with Crippen LogP contribution in [0.1, 0.15) is 29.7 Å². The Labute approximate surface area is 210 Å². The van der Waals surface area contributed by atoms with Crippen molar-refractivity contribution in [2.24, 2.45) is 11.3 Å². The number of nitrogens with zero attached hydrogens (tertiary/aromatic N) is 3. The zero-order valence-electron chi connectivity index (χ0n) is 19.8. The lowest BCUT2D eigenvalue weighted by Crippen LogP contribution is -2.36. The number of nitrogens with one attached hydrogen (secondary N) is 1. The molecule has 0 unspecified atom stereocenters. The first-order valence-electron chi connectivity index (χ1n) is 12.4. The molecule has 1 saturated carbocycles. The Morgan fingerprint density at radius 2 is 1.74 bits per heavy atom. The van der Waals surface area contributed by atoms with Crippen LogP contribution in [0.5, 0.6) is 0 Å². The molecule has 1 aliphatic carbocycles. The van der Waals surface area contributed by atoms with E-state index in [2.05, 4.69) is 64.3 Å². The number of benzene rings is 2. The quantitative estimate of drug-likeness (QED) is 0.377. The van der Waals surface area contributed by atoms with Gasteiger partial charge in [0, 0.05) is 34.7 Å². The van der Waals surface area contributed by atoms with E-state index in [1.165, 1.54) is 10.4 Å². The Bertz CT molecular complexity index is 1270. The van der Waals surface area contributed by atoms with Crippen LogP contribution < -0.4 is 5.32 Å². The van der Waals surface area contributed by atoms with Crippen molar-refractivity contribution in [1.82, 2.24) is 20.0 Å². The first-order valence-corrected chi connectivity index (χ1v) is 13.3. The van der Waals surface area contributed by atoms with E-state index >= 15 is 0 Å². The van der Waals surface area contributed by atoms with Gasteiger partial charge in [0.05, 0.1) is 17.9 Å². The average molecular weight is 483 g/mol. The average Bonchev–Trinajstić information content (AvgIpc) is 3.23. The Hall–Kier alpha value is -3.22. The molecule has 1 spiro atoms. The summed E-state index contributed by atoms with van der Waals surface area (Å²) in [6.07, 6.45) is 5.41. The molecule has 35 heavy (non-hydrogen) atoms. The highest BCUT2D eigenvalue weighted by Gasteiger charge is 2.58. The molecule has 1 saturated heterocycles. The van der Waals surface area contributed by atoms with Gasteiger partial charge < -0.3 is 5.32 Å². The lowest BCUT2D eigenvalue weighted by molar-refractivity contribution is -0.123. The largest absolute Gasteiger partial charge is 0.351 e. The van der Waals surface area contributed by atoms with Crippen LogP contribution in [0.3, 0.4) is 0 Å². The van der Waals surface area contributed by atoms with Gasteiger partial charge in [0.1, 0.15) is 0 Å². The van der Waals surface area contributed by atoms with Crippen LogP contribution in [0.2, 0.25) is 0 Å². The minimum atomic E-state index is 0.185. The molecule has 6 heteroatoms. The molecular formula is C29H30N4OS. The van der Waals surface area contributed by atoms with Crippen LogP contribution in [0.15, 0.2) is 84.4 Å². The molecule has 4 aromatic rings. The monoisotopic (exact) mass is 482 g/mol. The molecule has 2 fully saturated rings. The summed E-state index contributed by atoms with van der Waals surface area (Å²) >= 11 is 1.70. The van der Waals surface area contributed by atoms with E-state index in [0.717, 1.165) is 55.8 Å². The Morgan fingerprint density at radius 1 is 1.00 bits per heavy atom. The summed E-state index contributed by atoms with van der Waals surface area (Å²) in [5.41, 5.74) is 4.73. The van der Waals surface area contributed by atoms with Crippen molar-refractivity contribution in [2.75, 3.05) is 13.1 Å².